The van der Waals surface area contributed by atoms with Crippen LogP contribution in [0.25, 0.3) is 0 Å². The monoisotopic (exact) mass is 215 g/mol. The van der Waals surface area contributed by atoms with E-state index in [2.05, 4.69) is 0 Å². The van der Waals surface area contributed by atoms with Gasteiger partial charge in [-0.25, -0.2) is 13.1 Å². The maximum atomic E-state index is 11.5. The molecule has 0 radical (unpaired) electrons. The van der Waals surface area contributed by atoms with Crippen LogP contribution in [-0.2, 0) is 14.8 Å². The Kier molecular flexibility index (Phi) is 1.80. The highest BCUT2D eigenvalue weighted by molar-refractivity contribution is 7.94. The summed E-state index contributed by atoms with van der Waals surface area (Å²) >= 11 is 0. The molecule has 2 rings (SSSR count). The van der Waals surface area contributed by atoms with Crippen LogP contribution in [-0.4, -0.2) is 14.3 Å². The first-order valence-corrected chi connectivity index (χ1v) is 6.14. The standard InChI is InChI=1S/C9H13NO3S/c1-9(2)5-3-4-6-7(9)8(11)10-14(6,12)13/h3-5H2,1-2H3,(H,10,11). The van der Waals surface area contributed by atoms with E-state index in [1.165, 1.54) is 0 Å². The summed E-state index contributed by atoms with van der Waals surface area (Å²) in [5.74, 6) is -0.426. The maximum absolute atomic E-state index is 11.5. The van der Waals surface area contributed by atoms with Crippen molar-refractivity contribution in [2.24, 2.45) is 5.41 Å². The van der Waals surface area contributed by atoms with Crippen molar-refractivity contribution in [1.82, 2.24) is 4.72 Å². The first-order chi connectivity index (χ1) is 6.34. The van der Waals surface area contributed by atoms with Gasteiger partial charge in [-0.3, -0.25) is 4.79 Å². The van der Waals surface area contributed by atoms with Crippen LogP contribution in [0.15, 0.2) is 10.5 Å². The molecule has 0 aromatic carbocycles. The average Bonchev–Trinajstić information content (AvgIpc) is 2.22. The molecule has 1 N–H and O–H groups in total. The van der Waals surface area contributed by atoms with Crippen molar-refractivity contribution in [2.75, 3.05) is 0 Å². The molecule has 4 nitrogen and oxygen atoms in total. The van der Waals surface area contributed by atoms with Gasteiger partial charge >= 0.3 is 0 Å². The Hall–Kier alpha value is -0.840. The molecule has 0 aromatic heterocycles. The Morgan fingerprint density at radius 2 is 2.00 bits per heavy atom. The van der Waals surface area contributed by atoms with Crippen LogP contribution < -0.4 is 4.72 Å². The molecule has 14 heavy (non-hydrogen) atoms. The molecule has 2 aliphatic rings. The number of amides is 1. The second-order valence-electron chi connectivity index (χ2n) is 4.47. The molecule has 0 spiro atoms. The summed E-state index contributed by atoms with van der Waals surface area (Å²) in [5, 5.41) is 0. The zero-order valence-corrected chi connectivity index (χ0v) is 9.07. The third kappa shape index (κ3) is 1.19. The van der Waals surface area contributed by atoms with E-state index in [1.807, 2.05) is 18.6 Å². The van der Waals surface area contributed by atoms with Crippen molar-refractivity contribution in [3.63, 3.8) is 0 Å². The molecule has 1 aliphatic heterocycles. The summed E-state index contributed by atoms with van der Waals surface area (Å²) in [6.45, 7) is 3.84. The molecule has 5 heteroatoms. The van der Waals surface area contributed by atoms with Crippen LogP contribution >= 0.6 is 0 Å². The number of allylic oxidation sites excluding steroid dienone is 1. The molecule has 0 saturated heterocycles. The van der Waals surface area contributed by atoms with Gasteiger partial charge in [0.1, 0.15) is 0 Å². The highest BCUT2D eigenvalue weighted by Crippen LogP contribution is 2.44. The van der Waals surface area contributed by atoms with Gasteiger partial charge in [-0.05, 0) is 24.7 Å². The minimum absolute atomic E-state index is 0.304. The van der Waals surface area contributed by atoms with E-state index >= 15 is 0 Å². The molecule has 0 bridgehead atoms. The number of carbonyl (C=O) groups is 1. The summed E-state index contributed by atoms with van der Waals surface area (Å²) < 4.78 is 25.1. The molecule has 0 aromatic rings. The van der Waals surface area contributed by atoms with Crippen LogP contribution in [0.5, 0.6) is 0 Å². The Bertz CT molecular complexity index is 431. The maximum Gasteiger partial charge on any atom is 0.262 e. The fraction of sp³-hybridized carbons (Fsp3) is 0.667. The van der Waals surface area contributed by atoms with Crippen LogP contribution in [0.2, 0.25) is 0 Å². The van der Waals surface area contributed by atoms with Gasteiger partial charge in [-0.2, -0.15) is 0 Å². The second-order valence-corrected chi connectivity index (χ2v) is 6.17. The van der Waals surface area contributed by atoms with E-state index in [4.69, 9.17) is 0 Å². The van der Waals surface area contributed by atoms with Gasteiger partial charge in [0, 0.05) is 5.57 Å². The van der Waals surface area contributed by atoms with Crippen molar-refractivity contribution < 1.29 is 13.2 Å². The lowest BCUT2D eigenvalue weighted by Crippen LogP contribution is -2.27. The molecular formula is C9H13NO3S. The van der Waals surface area contributed by atoms with Crippen molar-refractivity contribution in [2.45, 2.75) is 33.1 Å². The van der Waals surface area contributed by atoms with Gasteiger partial charge in [-0.1, -0.05) is 13.8 Å². The quantitative estimate of drug-likeness (QED) is 0.653. The van der Waals surface area contributed by atoms with E-state index < -0.39 is 15.9 Å². The predicted molar refractivity (Wildman–Crippen MR) is 51.7 cm³/mol. The Morgan fingerprint density at radius 3 is 2.57 bits per heavy atom. The van der Waals surface area contributed by atoms with E-state index in [-0.39, 0.29) is 5.41 Å². The highest BCUT2D eigenvalue weighted by Gasteiger charge is 2.44. The van der Waals surface area contributed by atoms with Gasteiger partial charge < -0.3 is 0 Å². The summed E-state index contributed by atoms with van der Waals surface area (Å²) in [6, 6.07) is 0. The topological polar surface area (TPSA) is 63.2 Å². The van der Waals surface area contributed by atoms with Crippen LogP contribution in [0.4, 0.5) is 0 Å². The Balaban J connectivity index is 2.65. The summed E-state index contributed by atoms with van der Waals surface area (Å²) in [7, 11) is -3.49. The number of hydrogen-bond donors (Lipinski definition) is 1. The van der Waals surface area contributed by atoms with Crippen LogP contribution in [0.1, 0.15) is 33.1 Å². The predicted octanol–water partition coefficient (Wildman–Crippen LogP) is 0.910. The number of carbonyl (C=O) groups excluding carboxylic acids is 1. The van der Waals surface area contributed by atoms with Gasteiger partial charge in [0.05, 0.1) is 4.91 Å². The first-order valence-electron chi connectivity index (χ1n) is 4.65. The summed E-state index contributed by atoms with van der Waals surface area (Å²) in [5.41, 5.74) is 0.171. The molecule has 1 amide bonds. The largest absolute Gasteiger partial charge is 0.269 e. The molecular weight excluding hydrogens is 202 g/mol. The van der Waals surface area contributed by atoms with Crippen molar-refractivity contribution in [3.05, 3.63) is 10.5 Å². The first kappa shape index (κ1) is 9.71. The SMILES string of the molecule is CC1(C)CCCC2=C1C(=O)NS2(=O)=O. The van der Waals surface area contributed by atoms with Gasteiger partial charge in [0.15, 0.2) is 0 Å². The zero-order valence-electron chi connectivity index (χ0n) is 8.25. The third-order valence-electron chi connectivity index (χ3n) is 2.94. The Labute approximate surface area is 83.4 Å². The van der Waals surface area contributed by atoms with E-state index in [1.54, 1.807) is 0 Å². The van der Waals surface area contributed by atoms with Gasteiger partial charge in [0.25, 0.3) is 15.9 Å². The van der Waals surface area contributed by atoms with Crippen molar-refractivity contribution in [3.8, 4) is 0 Å². The zero-order chi connectivity index (χ0) is 10.6. The molecule has 0 fully saturated rings. The second kappa shape index (κ2) is 2.59. The van der Waals surface area contributed by atoms with Crippen molar-refractivity contribution >= 4 is 15.9 Å². The number of rotatable bonds is 0. The number of hydrogen-bond acceptors (Lipinski definition) is 3. The Morgan fingerprint density at radius 1 is 1.36 bits per heavy atom. The molecule has 0 unspecified atom stereocenters. The molecule has 1 aliphatic carbocycles. The molecule has 78 valence electrons. The summed E-state index contributed by atoms with van der Waals surface area (Å²) in [6.07, 6.45) is 2.20. The molecule has 0 atom stereocenters. The van der Waals surface area contributed by atoms with E-state index in [9.17, 15) is 13.2 Å². The third-order valence-corrected chi connectivity index (χ3v) is 4.45. The lowest BCUT2D eigenvalue weighted by molar-refractivity contribution is -0.116. The van der Waals surface area contributed by atoms with Crippen molar-refractivity contribution in [1.29, 1.82) is 0 Å². The van der Waals surface area contributed by atoms with E-state index in [0.29, 0.717) is 16.9 Å². The smallest absolute Gasteiger partial charge is 0.262 e. The fourth-order valence-corrected chi connectivity index (χ4v) is 3.78. The lowest BCUT2D eigenvalue weighted by atomic mass is 9.75. The minimum Gasteiger partial charge on any atom is -0.269 e. The average molecular weight is 215 g/mol. The lowest BCUT2D eigenvalue weighted by Gasteiger charge is -2.29. The minimum atomic E-state index is -3.49. The fourth-order valence-electron chi connectivity index (χ4n) is 2.26. The van der Waals surface area contributed by atoms with Gasteiger partial charge in [-0.15, -0.1) is 0 Å². The molecule has 0 saturated carbocycles. The number of sulfonamides is 1. The normalized spacial score (nSPS) is 28.6. The summed E-state index contributed by atoms with van der Waals surface area (Å²) in [4.78, 5) is 11.8. The number of nitrogens with one attached hydrogen (secondary N) is 1. The van der Waals surface area contributed by atoms with Crippen LogP contribution in [0, 0.1) is 5.41 Å². The molecule has 1 heterocycles. The van der Waals surface area contributed by atoms with Crippen LogP contribution in [0.3, 0.4) is 0 Å². The highest BCUT2D eigenvalue weighted by atomic mass is 32.2. The van der Waals surface area contributed by atoms with E-state index in [0.717, 1.165) is 12.8 Å². The van der Waals surface area contributed by atoms with Gasteiger partial charge in [0.2, 0.25) is 0 Å².